The number of nitrogens with one attached hydrogen (secondary N) is 1. The molecule has 0 saturated heterocycles. The third-order valence-electron chi connectivity index (χ3n) is 2.33. The van der Waals surface area contributed by atoms with E-state index in [1.807, 2.05) is 0 Å². The summed E-state index contributed by atoms with van der Waals surface area (Å²) in [6, 6.07) is 1.51. The van der Waals surface area contributed by atoms with Gasteiger partial charge in [0.2, 0.25) is 0 Å². The van der Waals surface area contributed by atoms with E-state index in [1.165, 1.54) is 12.3 Å². The standard InChI is InChI=1S/C10H8F3N3S/c1-14-10(7-4-15-16-17-7)5-2-3-6(11)9(13)8(5)12/h2-4,10,14H,1H3. The highest BCUT2D eigenvalue weighted by Gasteiger charge is 2.22. The van der Waals surface area contributed by atoms with E-state index in [2.05, 4.69) is 14.9 Å². The largest absolute Gasteiger partial charge is 0.308 e. The van der Waals surface area contributed by atoms with E-state index in [0.29, 0.717) is 4.88 Å². The van der Waals surface area contributed by atoms with Gasteiger partial charge in [-0.05, 0) is 24.6 Å². The maximum Gasteiger partial charge on any atom is 0.194 e. The van der Waals surface area contributed by atoms with Crippen LogP contribution >= 0.6 is 11.5 Å². The first-order chi connectivity index (χ1) is 8.15. The lowest BCUT2D eigenvalue weighted by atomic mass is 10.0. The number of rotatable bonds is 3. The highest BCUT2D eigenvalue weighted by Crippen LogP contribution is 2.27. The normalized spacial score (nSPS) is 12.7. The summed E-state index contributed by atoms with van der Waals surface area (Å²) in [6.07, 6.45) is 1.45. The van der Waals surface area contributed by atoms with Crippen LogP contribution in [0.5, 0.6) is 0 Å². The Labute approximate surface area is 99.5 Å². The highest BCUT2D eigenvalue weighted by atomic mass is 32.1. The summed E-state index contributed by atoms with van der Waals surface area (Å²) < 4.78 is 43.2. The van der Waals surface area contributed by atoms with Crippen molar-refractivity contribution in [1.29, 1.82) is 0 Å². The van der Waals surface area contributed by atoms with Gasteiger partial charge in [0.15, 0.2) is 17.5 Å². The van der Waals surface area contributed by atoms with E-state index >= 15 is 0 Å². The first kappa shape index (κ1) is 12.0. The van der Waals surface area contributed by atoms with Gasteiger partial charge in [-0.2, -0.15) is 0 Å². The second-order valence-electron chi connectivity index (χ2n) is 3.31. The molecular weight excluding hydrogens is 251 g/mol. The van der Waals surface area contributed by atoms with Crippen LogP contribution in [0.15, 0.2) is 18.3 Å². The Bertz CT molecular complexity index is 516. The zero-order valence-electron chi connectivity index (χ0n) is 8.75. The van der Waals surface area contributed by atoms with Crippen LogP contribution in [0.4, 0.5) is 13.2 Å². The van der Waals surface area contributed by atoms with Crippen LogP contribution in [-0.2, 0) is 0 Å². The minimum atomic E-state index is -1.47. The monoisotopic (exact) mass is 259 g/mol. The molecule has 17 heavy (non-hydrogen) atoms. The zero-order chi connectivity index (χ0) is 12.4. The number of aromatic nitrogens is 2. The predicted octanol–water partition coefficient (Wildman–Crippen LogP) is 2.26. The summed E-state index contributed by atoms with van der Waals surface area (Å²) in [7, 11) is 1.59. The van der Waals surface area contributed by atoms with Crippen LogP contribution in [-0.4, -0.2) is 16.6 Å². The van der Waals surface area contributed by atoms with Crippen molar-refractivity contribution in [1.82, 2.24) is 14.9 Å². The Morgan fingerprint density at radius 3 is 2.59 bits per heavy atom. The molecule has 0 saturated carbocycles. The van der Waals surface area contributed by atoms with E-state index in [0.717, 1.165) is 17.6 Å². The van der Waals surface area contributed by atoms with Crippen molar-refractivity contribution in [2.45, 2.75) is 6.04 Å². The molecule has 1 heterocycles. The Morgan fingerprint density at radius 2 is 2.00 bits per heavy atom. The van der Waals surface area contributed by atoms with Crippen LogP contribution < -0.4 is 5.32 Å². The van der Waals surface area contributed by atoms with Crippen molar-refractivity contribution in [2.75, 3.05) is 7.05 Å². The van der Waals surface area contributed by atoms with Gasteiger partial charge >= 0.3 is 0 Å². The van der Waals surface area contributed by atoms with Crippen molar-refractivity contribution >= 4 is 11.5 Å². The first-order valence-corrected chi connectivity index (χ1v) is 5.50. The third-order valence-corrected chi connectivity index (χ3v) is 3.06. The summed E-state index contributed by atoms with van der Waals surface area (Å²) in [5.41, 5.74) is 0.0254. The summed E-state index contributed by atoms with van der Waals surface area (Å²) in [5.74, 6) is -3.87. The zero-order valence-corrected chi connectivity index (χ0v) is 9.56. The summed E-state index contributed by atoms with van der Waals surface area (Å²) in [6.45, 7) is 0. The lowest BCUT2D eigenvalue weighted by Crippen LogP contribution is -2.18. The molecule has 0 aliphatic rings. The molecule has 1 unspecified atom stereocenters. The lowest BCUT2D eigenvalue weighted by Gasteiger charge is -2.15. The molecule has 0 radical (unpaired) electrons. The van der Waals surface area contributed by atoms with Gasteiger partial charge in [0, 0.05) is 5.56 Å². The molecule has 1 atom stereocenters. The lowest BCUT2D eigenvalue weighted by molar-refractivity contribution is 0.435. The van der Waals surface area contributed by atoms with Crippen molar-refractivity contribution < 1.29 is 13.2 Å². The summed E-state index contributed by atoms with van der Waals surface area (Å²) >= 11 is 1.06. The van der Waals surface area contributed by atoms with Gasteiger partial charge in [0.25, 0.3) is 0 Å². The van der Waals surface area contributed by atoms with E-state index in [1.54, 1.807) is 7.05 Å². The molecule has 0 amide bonds. The molecule has 2 aromatic rings. The molecule has 90 valence electrons. The molecule has 2 rings (SSSR count). The van der Waals surface area contributed by atoms with E-state index < -0.39 is 23.5 Å². The topological polar surface area (TPSA) is 37.8 Å². The van der Waals surface area contributed by atoms with Crippen molar-refractivity contribution in [3.63, 3.8) is 0 Å². The fraction of sp³-hybridized carbons (Fsp3) is 0.200. The molecule has 3 nitrogen and oxygen atoms in total. The average Bonchev–Trinajstić information content (AvgIpc) is 2.84. The molecule has 1 N–H and O–H groups in total. The molecule has 1 aromatic carbocycles. The molecular formula is C10H8F3N3S. The van der Waals surface area contributed by atoms with Gasteiger partial charge in [0.1, 0.15) is 0 Å². The van der Waals surface area contributed by atoms with Crippen LogP contribution in [0.1, 0.15) is 16.5 Å². The smallest absolute Gasteiger partial charge is 0.194 e. The Balaban J connectivity index is 2.49. The molecule has 0 bridgehead atoms. The van der Waals surface area contributed by atoms with Crippen molar-refractivity contribution in [3.8, 4) is 0 Å². The van der Waals surface area contributed by atoms with Crippen molar-refractivity contribution in [2.24, 2.45) is 0 Å². The molecule has 0 aliphatic heterocycles. The first-order valence-electron chi connectivity index (χ1n) is 4.73. The highest BCUT2D eigenvalue weighted by molar-refractivity contribution is 7.05. The van der Waals surface area contributed by atoms with Crippen LogP contribution in [0, 0.1) is 17.5 Å². The van der Waals surface area contributed by atoms with Gasteiger partial charge in [-0.15, -0.1) is 5.10 Å². The van der Waals surface area contributed by atoms with Gasteiger partial charge in [-0.3, -0.25) is 0 Å². The maximum atomic E-state index is 13.6. The van der Waals surface area contributed by atoms with E-state index in [9.17, 15) is 13.2 Å². The number of benzene rings is 1. The number of hydrogen-bond donors (Lipinski definition) is 1. The minimum Gasteiger partial charge on any atom is -0.308 e. The van der Waals surface area contributed by atoms with Crippen molar-refractivity contribution in [3.05, 3.63) is 46.2 Å². The van der Waals surface area contributed by atoms with E-state index in [-0.39, 0.29) is 5.56 Å². The SMILES string of the molecule is CNC(c1cnns1)c1ccc(F)c(F)c1F. The predicted molar refractivity (Wildman–Crippen MR) is 57.1 cm³/mol. The minimum absolute atomic E-state index is 0.0254. The summed E-state index contributed by atoms with van der Waals surface area (Å²) in [5, 5.41) is 6.43. The second kappa shape index (κ2) is 4.80. The molecule has 0 aliphatic carbocycles. The summed E-state index contributed by atoms with van der Waals surface area (Å²) in [4.78, 5) is 0.623. The number of nitrogens with zero attached hydrogens (tertiary/aromatic N) is 2. The second-order valence-corrected chi connectivity index (χ2v) is 4.12. The quantitative estimate of drug-likeness (QED) is 0.859. The fourth-order valence-electron chi connectivity index (χ4n) is 1.52. The van der Waals surface area contributed by atoms with Gasteiger partial charge < -0.3 is 5.32 Å². The third kappa shape index (κ3) is 2.16. The van der Waals surface area contributed by atoms with E-state index in [4.69, 9.17) is 0 Å². The number of halogens is 3. The van der Waals surface area contributed by atoms with Crippen LogP contribution in [0.2, 0.25) is 0 Å². The van der Waals surface area contributed by atoms with Crippen LogP contribution in [0.3, 0.4) is 0 Å². The van der Waals surface area contributed by atoms with Gasteiger partial charge in [-0.1, -0.05) is 10.6 Å². The van der Waals surface area contributed by atoms with Gasteiger partial charge in [-0.25, -0.2) is 13.2 Å². The number of hydrogen-bond acceptors (Lipinski definition) is 4. The van der Waals surface area contributed by atoms with Gasteiger partial charge in [0.05, 0.1) is 17.1 Å². The van der Waals surface area contributed by atoms with Crippen LogP contribution in [0.25, 0.3) is 0 Å². The fourth-order valence-corrected chi connectivity index (χ4v) is 2.15. The average molecular weight is 259 g/mol. The Kier molecular flexibility index (Phi) is 3.39. The molecule has 1 aromatic heterocycles. The Morgan fingerprint density at radius 1 is 1.24 bits per heavy atom. The molecule has 7 heteroatoms. The maximum absolute atomic E-state index is 13.6. The Hall–Kier alpha value is -1.47. The molecule has 0 fully saturated rings. The molecule has 0 spiro atoms.